The summed E-state index contributed by atoms with van der Waals surface area (Å²) in [6.45, 7) is 8.29. The Morgan fingerprint density at radius 3 is 2.29 bits per heavy atom. The number of hydrogen-bond donors (Lipinski definition) is 1. The van der Waals surface area contributed by atoms with Gasteiger partial charge in [0.15, 0.2) is 0 Å². The zero-order valence-corrected chi connectivity index (χ0v) is 16.5. The summed E-state index contributed by atoms with van der Waals surface area (Å²) >= 11 is 0. The molecule has 1 saturated heterocycles. The number of amides is 2. The highest BCUT2D eigenvalue weighted by molar-refractivity contribution is 6.09. The minimum Gasteiger partial charge on any atom is -0.378 e. The van der Waals surface area contributed by atoms with Gasteiger partial charge in [-0.1, -0.05) is 12.1 Å². The van der Waals surface area contributed by atoms with Crippen LogP contribution in [0.15, 0.2) is 48.5 Å². The number of carbonyl (C=O) groups is 2. The van der Waals surface area contributed by atoms with Crippen LogP contribution in [0.1, 0.15) is 34.6 Å². The number of ether oxygens (including phenoxy) is 1. The number of morpholine rings is 1. The number of nitrogens with zero attached hydrogens (tertiary/aromatic N) is 2. The molecule has 148 valence electrons. The Morgan fingerprint density at radius 2 is 1.64 bits per heavy atom. The number of carbonyl (C=O) groups excluding carboxylic acids is 2. The van der Waals surface area contributed by atoms with Crippen molar-refractivity contribution in [2.45, 2.75) is 13.8 Å². The first-order valence-corrected chi connectivity index (χ1v) is 9.76. The largest absolute Gasteiger partial charge is 0.378 e. The number of para-hydroxylation sites is 1. The third kappa shape index (κ3) is 4.51. The molecule has 6 heteroatoms. The van der Waals surface area contributed by atoms with Crippen molar-refractivity contribution in [3.63, 3.8) is 0 Å². The number of nitrogens with one attached hydrogen (secondary N) is 1. The molecule has 1 heterocycles. The summed E-state index contributed by atoms with van der Waals surface area (Å²) < 4.78 is 5.38. The zero-order valence-electron chi connectivity index (χ0n) is 16.5. The molecule has 1 N–H and O–H groups in total. The van der Waals surface area contributed by atoms with Crippen LogP contribution in [-0.2, 0) is 4.74 Å². The second-order valence-electron chi connectivity index (χ2n) is 6.62. The molecule has 28 heavy (non-hydrogen) atoms. The van der Waals surface area contributed by atoms with Crippen molar-refractivity contribution in [3.8, 4) is 0 Å². The first kappa shape index (κ1) is 19.9. The van der Waals surface area contributed by atoms with E-state index in [1.54, 1.807) is 17.0 Å². The first-order chi connectivity index (χ1) is 13.6. The minimum atomic E-state index is -0.228. The van der Waals surface area contributed by atoms with E-state index in [4.69, 9.17) is 4.74 Å². The quantitative estimate of drug-likeness (QED) is 0.834. The van der Waals surface area contributed by atoms with Crippen molar-refractivity contribution < 1.29 is 14.3 Å². The smallest absolute Gasteiger partial charge is 0.255 e. The Balaban J connectivity index is 1.73. The van der Waals surface area contributed by atoms with Gasteiger partial charge in [0.25, 0.3) is 11.8 Å². The van der Waals surface area contributed by atoms with E-state index < -0.39 is 0 Å². The topological polar surface area (TPSA) is 61.9 Å². The normalized spacial score (nSPS) is 13.9. The molecule has 0 radical (unpaired) electrons. The van der Waals surface area contributed by atoms with E-state index in [1.807, 2.05) is 50.2 Å². The molecule has 3 rings (SSSR count). The molecule has 0 aromatic heterocycles. The van der Waals surface area contributed by atoms with Gasteiger partial charge in [0, 0.05) is 37.4 Å². The van der Waals surface area contributed by atoms with Gasteiger partial charge < -0.3 is 19.9 Å². The second-order valence-corrected chi connectivity index (χ2v) is 6.62. The van der Waals surface area contributed by atoms with Crippen molar-refractivity contribution in [2.75, 3.05) is 49.6 Å². The average Bonchev–Trinajstić information content (AvgIpc) is 2.75. The highest BCUT2D eigenvalue weighted by Crippen LogP contribution is 2.20. The van der Waals surface area contributed by atoms with Crippen molar-refractivity contribution in [1.29, 1.82) is 0 Å². The standard InChI is InChI=1S/C22H27N3O3/c1-3-24(4-2)22(27)19-7-5-6-8-20(19)23-21(26)17-9-11-18(12-10-17)25-13-15-28-16-14-25/h5-12H,3-4,13-16H2,1-2H3,(H,23,26). The Kier molecular flexibility index (Phi) is 6.66. The molecule has 0 aliphatic carbocycles. The molecular formula is C22H27N3O3. The number of hydrogen-bond acceptors (Lipinski definition) is 4. The summed E-state index contributed by atoms with van der Waals surface area (Å²) in [5.41, 5.74) is 2.67. The lowest BCUT2D eigenvalue weighted by Crippen LogP contribution is -2.36. The van der Waals surface area contributed by atoms with Gasteiger partial charge in [-0.3, -0.25) is 9.59 Å². The van der Waals surface area contributed by atoms with Crippen molar-refractivity contribution >= 4 is 23.2 Å². The molecule has 6 nitrogen and oxygen atoms in total. The van der Waals surface area contributed by atoms with E-state index in [2.05, 4.69) is 10.2 Å². The summed E-state index contributed by atoms with van der Waals surface area (Å²) in [7, 11) is 0. The van der Waals surface area contributed by atoms with Crippen LogP contribution in [0.5, 0.6) is 0 Å². The molecule has 1 fully saturated rings. The van der Waals surface area contributed by atoms with E-state index in [9.17, 15) is 9.59 Å². The van der Waals surface area contributed by atoms with Gasteiger partial charge in [-0.2, -0.15) is 0 Å². The molecule has 1 aliphatic heterocycles. The maximum atomic E-state index is 12.7. The fraction of sp³-hybridized carbons (Fsp3) is 0.364. The van der Waals surface area contributed by atoms with Crippen molar-refractivity contribution in [1.82, 2.24) is 4.90 Å². The molecular weight excluding hydrogens is 354 g/mol. The van der Waals surface area contributed by atoms with Gasteiger partial charge in [-0.05, 0) is 50.2 Å². The summed E-state index contributed by atoms with van der Waals surface area (Å²) in [5.74, 6) is -0.308. The van der Waals surface area contributed by atoms with Crippen LogP contribution in [0.3, 0.4) is 0 Å². The van der Waals surface area contributed by atoms with Crippen LogP contribution in [0.2, 0.25) is 0 Å². The van der Waals surface area contributed by atoms with Crippen LogP contribution in [-0.4, -0.2) is 56.1 Å². The Hall–Kier alpha value is -2.86. The molecule has 0 unspecified atom stereocenters. The van der Waals surface area contributed by atoms with Crippen LogP contribution in [0.25, 0.3) is 0 Å². The molecule has 0 bridgehead atoms. The van der Waals surface area contributed by atoms with Crippen LogP contribution in [0.4, 0.5) is 11.4 Å². The third-order valence-electron chi connectivity index (χ3n) is 4.96. The van der Waals surface area contributed by atoms with Gasteiger partial charge in [0.1, 0.15) is 0 Å². The average molecular weight is 381 g/mol. The predicted molar refractivity (Wildman–Crippen MR) is 111 cm³/mol. The highest BCUT2D eigenvalue weighted by atomic mass is 16.5. The van der Waals surface area contributed by atoms with E-state index in [1.165, 1.54) is 0 Å². The number of benzene rings is 2. The summed E-state index contributed by atoms with van der Waals surface area (Å²) in [4.78, 5) is 29.4. The van der Waals surface area contributed by atoms with Gasteiger partial charge in [0.05, 0.1) is 24.5 Å². The van der Waals surface area contributed by atoms with Crippen molar-refractivity contribution in [3.05, 3.63) is 59.7 Å². The van der Waals surface area contributed by atoms with E-state index >= 15 is 0 Å². The maximum absolute atomic E-state index is 12.7. The van der Waals surface area contributed by atoms with Crippen LogP contribution >= 0.6 is 0 Å². The van der Waals surface area contributed by atoms with Gasteiger partial charge in [-0.25, -0.2) is 0 Å². The van der Waals surface area contributed by atoms with Gasteiger partial charge in [-0.15, -0.1) is 0 Å². The van der Waals surface area contributed by atoms with E-state index in [0.717, 1.165) is 32.0 Å². The van der Waals surface area contributed by atoms with Crippen LogP contribution < -0.4 is 10.2 Å². The van der Waals surface area contributed by atoms with Crippen LogP contribution in [0, 0.1) is 0 Å². The Bertz CT molecular complexity index is 810. The number of rotatable bonds is 6. The zero-order chi connectivity index (χ0) is 19.9. The van der Waals surface area contributed by atoms with E-state index in [0.29, 0.717) is 29.9 Å². The third-order valence-corrected chi connectivity index (χ3v) is 4.96. The molecule has 0 atom stereocenters. The first-order valence-electron chi connectivity index (χ1n) is 9.76. The highest BCUT2D eigenvalue weighted by Gasteiger charge is 2.18. The summed E-state index contributed by atoms with van der Waals surface area (Å²) in [6.07, 6.45) is 0. The monoisotopic (exact) mass is 381 g/mol. The second kappa shape index (κ2) is 9.37. The molecule has 0 saturated carbocycles. The minimum absolute atomic E-state index is 0.0800. The van der Waals surface area contributed by atoms with Gasteiger partial charge >= 0.3 is 0 Å². The lowest BCUT2D eigenvalue weighted by molar-refractivity contribution is 0.0774. The SMILES string of the molecule is CCN(CC)C(=O)c1ccccc1NC(=O)c1ccc(N2CCOCC2)cc1. The lowest BCUT2D eigenvalue weighted by Gasteiger charge is -2.28. The van der Waals surface area contributed by atoms with Gasteiger partial charge in [0.2, 0.25) is 0 Å². The Morgan fingerprint density at radius 1 is 1.00 bits per heavy atom. The summed E-state index contributed by atoms with van der Waals surface area (Å²) in [5, 5.41) is 2.89. The fourth-order valence-corrected chi connectivity index (χ4v) is 3.30. The molecule has 2 amide bonds. The fourth-order valence-electron chi connectivity index (χ4n) is 3.30. The molecule has 1 aliphatic rings. The molecule has 2 aromatic carbocycles. The molecule has 2 aromatic rings. The van der Waals surface area contributed by atoms with Crippen molar-refractivity contribution in [2.24, 2.45) is 0 Å². The lowest BCUT2D eigenvalue weighted by atomic mass is 10.1. The maximum Gasteiger partial charge on any atom is 0.255 e. The van der Waals surface area contributed by atoms with E-state index in [-0.39, 0.29) is 11.8 Å². The number of anilines is 2. The molecule has 0 spiro atoms. The predicted octanol–water partition coefficient (Wildman–Crippen LogP) is 3.26. The Labute approximate surface area is 166 Å². The summed E-state index contributed by atoms with van der Waals surface area (Å²) in [6, 6.07) is 14.7.